The molecule has 0 saturated heterocycles. The Morgan fingerprint density at radius 1 is 0.613 bits per heavy atom. The van der Waals surface area contributed by atoms with E-state index in [0.29, 0.717) is 48.0 Å². The van der Waals surface area contributed by atoms with E-state index in [9.17, 15) is 0 Å². The highest BCUT2D eigenvalue weighted by atomic mass is 35.5. The third kappa shape index (κ3) is 6.26. The minimum atomic E-state index is 0.0754. The molecule has 2 N–H and O–H groups in total. The molecule has 0 amide bonds. The summed E-state index contributed by atoms with van der Waals surface area (Å²) in [5.74, 6) is 3.46. The molecule has 0 unspecified atom stereocenters. The Balaban J connectivity index is 1.69. The lowest BCUT2D eigenvalue weighted by atomic mass is 10.2. The van der Waals surface area contributed by atoms with Crippen molar-refractivity contribution in [3.63, 3.8) is 0 Å². The Bertz CT molecular complexity index is 912. The molecule has 0 radical (unpaired) electrons. The highest BCUT2D eigenvalue weighted by molar-refractivity contribution is 6.28. The number of methoxy groups -OCH3 is 4. The second kappa shape index (κ2) is 10.5. The van der Waals surface area contributed by atoms with Crippen LogP contribution in [0, 0.1) is 0 Å². The maximum Gasteiger partial charge on any atom is 0.229 e. The van der Waals surface area contributed by atoms with Gasteiger partial charge < -0.3 is 29.6 Å². The third-order valence-electron chi connectivity index (χ3n) is 4.33. The van der Waals surface area contributed by atoms with Gasteiger partial charge in [0.25, 0.3) is 0 Å². The Morgan fingerprint density at radius 2 is 0.968 bits per heavy atom. The topological polar surface area (TPSA) is 99.7 Å². The largest absolute Gasteiger partial charge is 0.497 e. The SMILES string of the molecule is COc1cc(CNc2nc(Cl)nc(NCc3cc(OC)cc(OC)c3)n2)cc(OC)c1. The number of hydrogen-bond donors (Lipinski definition) is 2. The standard InChI is InChI=1S/C21H24ClN5O4/c1-28-15-5-13(6-16(9-15)29-2)11-23-20-25-19(22)26-21(27-20)24-12-14-7-17(30-3)10-18(8-14)31-4/h5-10H,11-12H2,1-4H3,(H2,23,24,25,26,27). The van der Waals surface area contributed by atoms with Gasteiger partial charge in [-0.25, -0.2) is 0 Å². The van der Waals surface area contributed by atoms with Crippen molar-refractivity contribution in [2.75, 3.05) is 39.1 Å². The van der Waals surface area contributed by atoms with Gasteiger partial charge in [0.05, 0.1) is 28.4 Å². The normalized spacial score (nSPS) is 10.4. The Kier molecular flexibility index (Phi) is 7.55. The number of halogens is 1. The summed E-state index contributed by atoms with van der Waals surface area (Å²) in [5, 5.41) is 6.36. The lowest BCUT2D eigenvalue weighted by Crippen LogP contribution is -2.09. The summed E-state index contributed by atoms with van der Waals surface area (Å²) in [6.45, 7) is 0.890. The first-order chi connectivity index (χ1) is 15.0. The smallest absolute Gasteiger partial charge is 0.229 e. The maximum atomic E-state index is 6.08. The number of nitrogens with one attached hydrogen (secondary N) is 2. The first-order valence-electron chi connectivity index (χ1n) is 9.36. The first-order valence-corrected chi connectivity index (χ1v) is 9.74. The van der Waals surface area contributed by atoms with E-state index in [1.165, 1.54) is 0 Å². The van der Waals surface area contributed by atoms with E-state index in [2.05, 4.69) is 25.6 Å². The molecule has 1 heterocycles. The predicted octanol–water partition coefficient (Wildman–Crippen LogP) is 3.78. The van der Waals surface area contributed by atoms with Gasteiger partial charge in [0, 0.05) is 25.2 Å². The van der Waals surface area contributed by atoms with Crippen LogP contribution in [0.2, 0.25) is 5.28 Å². The number of ether oxygens (including phenoxy) is 4. The summed E-state index contributed by atoms with van der Waals surface area (Å²) in [6, 6.07) is 11.2. The van der Waals surface area contributed by atoms with E-state index >= 15 is 0 Å². The van der Waals surface area contributed by atoms with E-state index in [0.717, 1.165) is 11.1 Å². The molecule has 0 fully saturated rings. The van der Waals surface area contributed by atoms with E-state index < -0.39 is 0 Å². The van der Waals surface area contributed by atoms with Crippen LogP contribution in [0.1, 0.15) is 11.1 Å². The molecule has 10 heteroatoms. The molecule has 2 aromatic carbocycles. The summed E-state index contributed by atoms with van der Waals surface area (Å²) < 4.78 is 21.2. The average molecular weight is 446 g/mol. The van der Waals surface area contributed by atoms with Crippen molar-refractivity contribution in [2.45, 2.75) is 13.1 Å². The molecule has 0 aliphatic carbocycles. The summed E-state index contributed by atoms with van der Waals surface area (Å²) in [4.78, 5) is 12.6. The Labute approximate surface area is 185 Å². The van der Waals surface area contributed by atoms with E-state index in [1.54, 1.807) is 40.6 Å². The number of anilines is 2. The van der Waals surface area contributed by atoms with Crippen LogP contribution < -0.4 is 29.6 Å². The third-order valence-corrected chi connectivity index (χ3v) is 4.50. The second-order valence-corrected chi connectivity index (χ2v) is 6.74. The van der Waals surface area contributed by atoms with Gasteiger partial charge in [-0.3, -0.25) is 0 Å². The fourth-order valence-corrected chi connectivity index (χ4v) is 2.97. The number of benzene rings is 2. The van der Waals surface area contributed by atoms with E-state index in [4.69, 9.17) is 30.5 Å². The fraction of sp³-hybridized carbons (Fsp3) is 0.286. The van der Waals surface area contributed by atoms with Crippen LogP contribution >= 0.6 is 11.6 Å². The summed E-state index contributed by atoms with van der Waals surface area (Å²) >= 11 is 6.08. The van der Waals surface area contributed by atoms with Gasteiger partial charge in [0.2, 0.25) is 17.2 Å². The van der Waals surface area contributed by atoms with Gasteiger partial charge in [0.15, 0.2) is 0 Å². The van der Waals surface area contributed by atoms with E-state index in [1.807, 2.05) is 24.3 Å². The molecule has 0 saturated carbocycles. The van der Waals surface area contributed by atoms with E-state index in [-0.39, 0.29) is 5.28 Å². The average Bonchev–Trinajstić information content (AvgIpc) is 2.80. The molecule has 3 aromatic rings. The molecule has 0 aliphatic heterocycles. The molecular weight excluding hydrogens is 422 g/mol. The quantitative estimate of drug-likeness (QED) is 0.482. The van der Waals surface area contributed by atoms with Gasteiger partial charge in [-0.05, 0) is 47.0 Å². The van der Waals surface area contributed by atoms with Gasteiger partial charge in [-0.2, -0.15) is 15.0 Å². The van der Waals surface area contributed by atoms with Crippen LogP contribution in [-0.4, -0.2) is 43.4 Å². The minimum Gasteiger partial charge on any atom is -0.497 e. The monoisotopic (exact) mass is 445 g/mol. The lowest BCUT2D eigenvalue weighted by molar-refractivity contribution is 0.393. The van der Waals surface area contributed by atoms with Crippen molar-refractivity contribution in [2.24, 2.45) is 0 Å². The highest BCUT2D eigenvalue weighted by Gasteiger charge is 2.08. The molecule has 0 bridgehead atoms. The molecule has 9 nitrogen and oxygen atoms in total. The summed E-state index contributed by atoms with van der Waals surface area (Å²) in [6.07, 6.45) is 0. The van der Waals surface area contributed by atoms with Gasteiger partial charge in [-0.1, -0.05) is 0 Å². The zero-order chi connectivity index (χ0) is 22.2. The molecule has 164 valence electrons. The maximum absolute atomic E-state index is 6.08. The van der Waals surface area contributed by atoms with Crippen LogP contribution in [0.5, 0.6) is 23.0 Å². The lowest BCUT2D eigenvalue weighted by Gasteiger charge is -2.11. The minimum absolute atomic E-state index is 0.0754. The molecule has 1 aromatic heterocycles. The summed E-state index contributed by atoms with van der Waals surface area (Å²) in [5.41, 5.74) is 1.87. The molecule has 0 atom stereocenters. The predicted molar refractivity (Wildman–Crippen MR) is 119 cm³/mol. The fourth-order valence-electron chi connectivity index (χ4n) is 2.81. The Hall–Kier alpha value is -3.46. The van der Waals surface area contributed by atoms with Gasteiger partial charge >= 0.3 is 0 Å². The molecule has 31 heavy (non-hydrogen) atoms. The van der Waals surface area contributed by atoms with Crippen molar-refractivity contribution >= 4 is 23.5 Å². The first kappa shape index (κ1) is 22.2. The molecular formula is C21H24ClN5O4. The zero-order valence-electron chi connectivity index (χ0n) is 17.7. The molecule has 0 spiro atoms. The number of aromatic nitrogens is 3. The van der Waals surface area contributed by atoms with Crippen molar-refractivity contribution in [3.8, 4) is 23.0 Å². The van der Waals surface area contributed by atoms with Crippen molar-refractivity contribution in [1.29, 1.82) is 0 Å². The Morgan fingerprint density at radius 3 is 1.29 bits per heavy atom. The number of rotatable bonds is 10. The van der Waals surface area contributed by atoms with Crippen LogP contribution in [0.15, 0.2) is 36.4 Å². The summed E-state index contributed by atoms with van der Waals surface area (Å²) in [7, 11) is 6.42. The number of nitrogens with zero attached hydrogens (tertiary/aromatic N) is 3. The van der Waals surface area contributed by atoms with Crippen LogP contribution in [-0.2, 0) is 13.1 Å². The zero-order valence-corrected chi connectivity index (χ0v) is 18.5. The van der Waals surface area contributed by atoms with Crippen LogP contribution in [0.3, 0.4) is 0 Å². The van der Waals surface area contributed by atoms with Crippen molar-refractivity contribution < 1.29 is 18.9 Å². The van der Waals surface area contributed by atoms with Crippen molar-refractivity contribution in [1.82, 2.24) is 15.0 Å². The van der Waals surface area contributed by atoms with Crippen LogP contribution in [0.4, 0.5) is 11.9 Å². The second-order valence-electron chi connectivity index (χ2n) is 6.40. The van der Waals surface area contributed by atoms with Gasteiger partial charge in [0.1, 0.15) is 23.0 Å². The van der Waals surface area contributed by atoms with Crippen molar-refractivity contribution in [3.05, 3.63) is 52.8 Å². The number of hydrogen-bond acceptors (Lipinski definition) is 9. The molecule has 3 rings (SSSR count). The molecule has 0 aliphatic rings. The van der Waals surface area contributed by atoms with Crippen LogP contribution in [0.25, 0.3) is 0 Å². The van der Waals surface area contributed by atoms with Gasteiger partial charge in [-0.15, -0.1) is 0 Å². The highest BCUT2D eigenvalue weighted by Crippen LogP contribution is 2.24.